The molecule has 0 saturated carbocycles. The summed E-state index contributed by atoms with van der Waals surface area (Å²) in [5.74, 6) is -0.999. The predicted octanol–water partition coefficient (Wildman–Crippen LogP) is 5.24. The van der Waals surface area contributed by atoms with E-state index < -0.39 is 5.97 Å². The van der Waals surface area contributed by atoms with Gasteiger partial charge in [-0.05, 0) is 48.4 Å². The second-order valence-electron chi connectivity index (χ2n) is 6.43. The van der Waals surface area contributed by atoms with E-state index in [9.17, 15) is 4.79 Å². The number of hydrogen-bond acceptors (Lipinski definition) is 4. The minimum Gasteiger partial charge on any atom is -0.480 e. The van der Waals surface area contributed by atoms with Crippen molar-refractivity contribution in [2.75, 3.05) is 19.8 Å². The largest absolute Gasteiger partial charge is 0.480 e. The Morgan fingerprint density at radius 1 is 1.17 bits per heavy atom. The number of pyridine rings is 1. The van der Waals surface area contributed by atoms with Crippen LogP contribution in [-0.2, 0) is 14.3 Å². The molecule has 1 atom stereocenters. The Labute approximate surface area is 174 Å². The van der Waals surface area contributed by atoms with Gasteiger partial charge in [0.15, 0.2) is 0 Å². The monoisotopic (exact) mass is 411 g/mol. The predicted molar refractivity (Wildman–Crippen MR) is 115 cm³/mol. The number of carboxylic acid groups (broad SMARTS) is 1. The van der Waals surface area contributed by atoms with E-state index >= 15 is 0 Å². The van der Waals surface area contributed by atoms with Crippen molar-refractivity contribution in [3.63, 3.8) is 0 Å². The summed E-state index contributed by atoms with van der Waals surface area (Å²) in [4.78, 5) is 15.3. The maximum atomic E-state index is 10.7. The molecule has 0 aliphatic rings. The molecule has 150 valence electrons. The quantitative estimate of drug-likeness (QED) is 0.521. The molecule has 0 radical (unpaired) electrons. The number of aromatic nitrogens is 1. The number of carboxylic acids is 1. The van der Waals surface area contributed by atoms with Crippen LogP contribution in [0.1, 0.15) is 29.8 Å². The fraction of sp³-hybridized carbons (Fsp3) is 0.217. The third-order valence-corrected chi connectivity index (χ3v) is 4.50. The number of ether oxygens (including phenoxy) is 2. The van der Waals surface area contributed by atoms with Gasteiger partial charge in [-0.25, -0.2) is 9.78 Å². The molecule has 29 heavy (non-hydrogen) atoms. The Balaban J connectivity index is 1.76. The van der Waals surface area contributed by atoms with Gasteiger partial charge in [0, 0.05) is 17.0 Å². The molecule has 0 amide bonds. The number of halogens is 1. The molecule has 1 N–H and O–H groups in total. The van der Waals surface area contributed by atoms with Crippen LogP contribution in [0.4, 0.5) is 0 Å². The summed E-state index contributed by atoms with van der Waals surface area (Å²) >= 11 is 6.06. The summed E-state index contributed by atoms with van der Waals surface area (Å²) in [5.41, 5.74) is 3.59. The van der Waals surface area contributed by atoms with Gasteiger partial charge in [-0.1, -0.05) is 48.0 Å². The first-order chi connectivity index (χ1) is 14.0. The van der Waals surface area contributed by atoms with Crippen LogP contribution >= 0.6 is 11.6 Å². The molecule has 6 heteroatoms. The zero-order valence-corrected chi connectivity index (χ0v) is 16.8. The Bertz CT molecular complexity index is 1020. The SMILES string of the molecule is CCOC(COCC(=O)O)c1cccc(/C=C/c2ccc3ccc(Cl)cc3n2)c1. The van der Waals surface area contributed by atoms with E-state index in [1.807, 2.05) is 73.7 Å². The molecular formula is C23H22ClNO4. The first-order valence-electron chi connectivity index (χ1n) is 9.30. The Morgan fingerprint density at radius 3 is 2.79 bits per heavy atom. The maximum absolute atomic E-state index is 10.7. The van der Waals surface area contributed by atoms with Gasteiger partial charge in [0.25, 0.3) is 0 Å². The number of rotatable bonds is 9. The number of hydrogen-bond donors (Lipinski definition) is 1. The summed E-state index contributed by atoms with van der Waals surface area (Å²) in [6.45, 7) is 2.23. The molecule has 1 unspecified atom stereocenters. The normalized spacial score (nSPS) is 12.5. The van der Waals surface area contributed by atoms with Crippen molar-refractivity contribution in [2.24, 2.45) is 0 Å². The number of fused-ring (bicyclic) bond motifs is 1. The molecule has 1 aromatic heterocycles. The van der Waals surface area contributed by atoms with Crippen LogP contribution in [0.3, 0.4) is 0 Å². The maximum Gasteiger partial charge on any atom is 0.329 e. The summed E-state index contributed by atoms with van der Waals surface area (Å²) in [5, 5.41) is 10.4. The van der Waals surface area contributed by atoms with E-state index in [-0.39, 0.29) is 19.3 Å². The van der Waals surface area contributed by atoms with Gasteiger partial charge in [0.05, 0.1) is 17.8 Å². The van der Waals surface area contributed by atoms with Crippen LogP contribution < -0.4 is 0 Å². The van der Waals surface area contributed by atoms with Gasteiger partial charge >= 0.3 is 5.97 Å². The van der Waals surface area contributed by atoms with Crippen LogP contribution in [0.2, 0.25) is 5.02 Å². The van der Waals surface area contributed by atoms with Gasteiger partial charge < -0.3 is 14.6 Å². The average molecular weight is 412 g/mol. The Morgan fingerprint density at radius 2 is 2.00 bits per heavy atom. The van der Waals surface area contributed by atoms with Gasteiger partial charge in [0.1, 0.15) is 12.7 Å². The fourth-order valence-electron chi connectivity index (χ4n) is 2.94. The van der Waals surface area contributed by atoms with Gasteiger partial charge in [-0.15, -0.1) is 0 Å². The summed E-state index contributed by atoms with van der Waals surface area (Å²) in [6.07, 6.45) is 3.59. The molecule has 3 rings (SSSR count). The number of benzene rings is 2. The van der Waals surface area contributed by atoms with Crippen LogP contribution in [0.15, 0.2) is 54.6 Å². The molecular weight excluding hydrogens is 390 g/mol. The third kappa shape index (κ3) is 6.12. The summed E-state index contributed by atoms with van der Waals surface area (Å²) in [6, 6.07) is 17.5. The van der Waals surface area contributed by atoms with Gasteiger partial charge in [-0.3, -0.25) is 0 Å². The first-order valence-corrected chi connectivity index (χ1v) is 9.68. The molecule has 5 nitrogen and oxygen atoms in total. The van der Waals surface area contributed by atoms with Crippen molar-refractivity contribution < 1.29 is 19.4 Å². The van der Waals surface area contributed by atoms with Crippen molar-refractivity contribution >= 4 is 40.6 Å². The highest BCUT2D eigenvalue weighted by Gasteiger charge is 2.13. The first kappa shape index (κ1) is 21.0. The lowest BCUT2D eigenvalue weighted by atomic mass is 10.1. The van der Waals surface area contributed by atoms with E-state index in [0.717, 1.165) is 27.7 Å². The summed E-state index contributed by atoms with van der Waals surface area (Å²) in [7, 11) is 0. The Hall–Kier alpha value is -2.73. The minimum absolute atomic E-state index is 0.181. The second kappa shape index (κ2) is 10.2. The van der Waals surface area contributed by atoms with Crippen LogP contribution in [0, 0.1) is 0 Å². The summed E-state index contributed by atoms with van der Waals surface area (Å²) < 4.78 is 10.9. The zero-order chi connectivity index (χ0) is 20.6. The van der Waals surface area contributed by atoms with E-state index in [4.69, 9.17) is 26.2 Å². The van der Waals surface area contributed by atoms with Crippen molar-refractivity contribution in [3.8, 4) is 0 Å². The standard InChI is InChI=1S/C23H22ClNO4/c1-2-29-22(14-28-15-23(26)27)18-5-3-4-16(12-18)6-10-20-11-8-17-7-9-19(24)13-21(17)25-20/h3-13,22H,2,14-15H2,1H3,(H,26,27)/b10-6+. The molecule has 0 saturated heterocycles. The second-order valence-corrected chi connectivity index (χ2v) is 6.87. The molecule has 0 fully saturated rings. The van der Waals surface area contributed by atoms with Gasteiger partial charge in [0.2, 0.25) is 0 Å². The third-order valence-electron chi connectivity index (χ3n) is 4.27. The lowest BCUT2D eigenvalue weighted by molar-refractivity contribution is -0.143. The van der Waals surface area contributed by atoms with E-state index in [1.165, 1.54) is 0 Å². The van der Waals surface area contributed by atoms with Crippen molar-refractivity contribution in [3.05, 3.63) is 76.4 Å². The van der Waals surface area contributed by atoms with E-state index in [0.29, 0.717) is 11.6 Å². The minimum atomic E-state index is -0.999. The molecule has 0 spiro atoms. The molecule has 0 bridgehead atoms. The Kier molecular flexibility index (Phi) is 7.36. The highest BCUT2D eigenvalue weighted by atomic mass is 35.5. The molecule has 3 aromatic rings. The van der Waals surface area contributed by atoms with E-state index in [2.05, 4.69) is 4.98 Å². The lowest BCUT2D eigenvalue weighted by Crippen LogP contribution is -2.16. The van der Waals surface area contributed by atoms with Crippen LogP contribution in [0.25, 0.3) is 23.1 Å². The van der Waals surface area contributed by atoms with Crippen LogP contribution in [0.5, 0.6) is 0 Å². The average Bonchev–Trinajstić information content (AvgIpc) is 2.71. The lowest BCUT2D eigenvalue weighted by Gasteiger charge is -2.17. The fourth-order valence-corrected chi connectivity index (χ4v) is 3.10. The van der Waals surface area contributed by atoms with E-state index in [1.54, 1.807) is 0 Å². The molecule has 0 aliphatic carbocycles. The molecule has 1 heterocycles. The van der Waals surface area contributed by atoms with Crippen molar-refractivity contribution in [1.29, 1.82) is 0 Å². The smallest absolute Gasteiger partial charge is 0.329 e. The number of aliphatic carboxylic acids is 1. The van der Waals surface area contributed by atoms with Crippen LogP contribution in [-0.4, -0.2) is 35.9 Å². The highest BCUT2D eigenvalue weighted by Crippen LogP contribution is 2.21. The van der Waals surface area contributed by atoms with Gasteiger partial charge in [-0.2, -0.15) is 0 Å². The van der Waals surface area contributed by atoms with Crippen molar-refractivity contribution in [1.82, 2.24) is 4.98 Å². The molecule has 0 aliphatic heterocycles. The van der Waals surface area contributed by atoms with Crippen molar-refractivity contribution in [2.45, 2.75) is 13.0 Å². The number of nitrogens with zero attached hydrogens (tertiary/aromatic N) is 1. The number of carbonyl (C=O) groups is 1. The zero-order valence-electron chi connectivity index (χ0n) is 16.0. The topological polar surface area (TPSA) is 68.7 Å². The molecule has 2 aromatic carbocycles. The highest BCUT2D eigenvalue weighted by molar-refractivity contribution is 6.31.